The lowest BCUT2D eigenvalue weighted by atomic mass is 10.1. The minimum Gasteiger partial charge on any atom is -0.490 e. The molecule has 1 atom stereocenters. The Bertz CT molecular complexity index is 352. The lowest BCUT2D eigenvalue weighted by Crippen LogP contribution is -2.18. The quantitative estimate of drug-likeness (QED) is 0.790. The second kappa shape index (κ2) is 7.54. The van der Waals surface area contributed by atoms with E-state index in [9.17, 15) is 0 Å². The average Bonchev–Trinajstić information content (AvgIpc) is 2.68. The Hall–Kier alpha value is -1.02. The Balaban J connectivity index is 1.90. The molecule has 0 heterocycles. The largest absolute Gasteiger partial charge is 0.490 e. The molecule has 0 aliphatic heterocycles. The predicted octanol–water partition coefficient (Wildman–Crippen LogP) is 4.46. The van der Waals surface area contributed by atoms with Gasteiger partial charge in [0, 0.05) is 6.04 Å². The van der Waals surface area contributed by atoms with Gasteiger partial charge in [0.25, 0.3) is 0 Å². The van der Waals surface area contributed by atoms with Crippen LogP contribution < -0.4 is 10.1 Å². The van der Waals surface area contributed by atoms with Crippen molar-refractivity contribution in [1.29, 1.82) is 0 Å². The molecule has 0 bridgehead atoms. The zero-order chi connectivity index (χ0) is 13.5. The summed E-state index contributed by atoms with van der Waals surface area (Å²) in [7, 11) is 0. The molecule has 19 heavy (non-hydrogen) atoms. The summed E-state index contributed by atoms with van der Waals surface area (Å²) < 4.78 is 6.11. The van der Waals surface area contributed by atoms with Gasteiger partial charge in [-0.1, -0.05) is 31.9 Å². The molecule has 0 spiro atoms. The molecule has 2 nitrogen and oxygen atoms in total. The second-order valence-electron chi connectivity index (χ2n) is 5.58. The van der Waals surface area contributed by atoms with E-state index in [0.29, 0.717) is 12.1 Å². The third-order valence-electron chi connectivity index (χ3n) is 4.00. The zero-order valence-electron chi connectivity index (χ0n) is 12.3. The Morgan fingerprint density at radius 2 is 1.74 bits per heavy atom. The van der Waals surface area contributed by atoms with E-state index in [1.54, 1.807) is 0 Å². The van der Waals surface area contributed by atoms with Crippen LogP contribution in [0.3, 0.4) is 0 Å². The first-order chi connectivity index (χ1) is 9.29. The fraction of sp³-hybridized carbons (Fsp3) is 0.647. The van der Waals surface area contributed by atoms with Gasteiger partial charge in [-0.25, -0.2) is 0 Å². The van der Waals surface area contributed by atoms with E-state index in [4.69, 9.17) is 4.74 Å². The van der Waals surface area contributed by atoms with Gasteiger partial charge in [0.2, 0.25) is 0 Å². The second-order valence-corrected chi connectivity index (χ2v) is 5.58. The molecule has 1 unspecified atom stereocenters. The van der Waals surface area contributed by atoms with Gasteiger partial charge in [-0.05, 0) is 56.8 Å². The van der Waals surface area contributed by atoms with Gasteiger partial charge < -0.3 is 10.1 Å². The van der Waals surface area contributed by atoms with Crippen LogP contribution in [0.2, 0.25) is 0 Å². The fourth-order valence-corrected chi connectivity index (χ4v) is 2.81. The number of ether oxygens (including phenoxy) is 1. The van der Waals surface area contributed by atoms with Crippen LogP contribution in [0.15, 0.2) is 24.3 Å². The van der Waals surface area contributed by atoms with Crippen molar-refractivity contribution in [3.63, 3.8) is 0 Å². The molecule has 1 fully saturated rings. The molecule has 0 radical (unpaired) electrons. The molecule has 106 valence electrons. The van der Waals surface area contributed by atoms with Crippen molar-refractivity contribution in [2.45, 2.75) is 64.5 Å². The molecule has 2 rings (SSSR count). The summed E-state index contributed by atoms with van der Waals surface area (Å²) >= 11 is 0. The van der Waals surface area contributed by atoms with E-state index in [0.717, 1.165) is 12.3 Å². The Morgan fingerprint density at radius 3 is 2.32 bits per heavy atom. The first kappa shape index (κ1) is 14.4. The molecule has 1 aromatic carbocycles. The minimum atomic E-state index is 0.414. The summed E-state index contributed by atoms with van der Waals surface area (Å²) in [6, 6.07) is 9.01. The van der Waals surface area contributed by atoms with Crippen molar-refractivity contribution in [1.82, 2.24) is 5.32 Å². The monoisotopic (exact) mass is 261 g/mol. The third kappa shape index (κ3) is 4.54. The van der Waals surface area contributed by atoms with Gasteiger partial charge in [0.15, 0.2) is 0 Å². The lowest BCUT2D eigenvalue weighted by Gasteiger charge is -2.18. The Kier molecular flexibility index (Phi) is 5.71. The van der Waals surface area contributed by atoms with Crippen LogP contribution in [-0.2, 0) is 0 Å². The molecule has 1 aromatic rings. The van der Waals surface area contributed by atoms with E-state index in [2.05, 4.69) is 43.4 Å². The Morgan fingerprint density at radius 1 is 1.11 bits per heavy atom. The number of hydrogen-bond donors (Lipinski definition) is 1. The SMILES string of the molecule is CCNC(C)c1ccc(OC2CCCCCC2)cc1. The zero-order valence-corrected chi connectivity index (χ0v) is 12.3. The number of nitrogens with one attached hydrogen (secondary N) is 1. The summed E-state index contributed by atoms with van der Waals surface area (Å²) in [6.07, 6.45) is 8.25. The van der Waals surface area contributed by atoms with E-state index in [1.807, 2.05) is 0 Å². The Labute approximate surface area is 117 Å². The number of benzene rings is 1. The maximum Gasteiger partial charge on any atom is 0.119 e. The first-order valence-corrected chi connectivity index (χ1v) is 7.79. The highest BCUT2D eigenvalue weighted by molar-refractivity contribution is 5.29. The smallest absolute Gasteiger partial charge is 0.119 e. The number of rotatable bonds is 5. The van der Waals surface area contributed by atoms with Crippen LogP contribution in [-0.4, -0.2) is 12.6 Å². The fourth-order valence-electron chi connectivity index (χ4n) is 2.81. The standard InChI is InChI=1S/C17H27NO/c1-3-18-14(2)15-10-12-17(13-11-15)19-16-8-6-4-5-7-9-16/h10-14,16,18H,3-9H2,1-2H3. The summed E-state index contributed by atoms with van der Waals surface area (Å²) in [5.41, 5.74) is 1.33. The van der Waals surface area contributed by atoms with Crippen LogP contribution in [0.1, 0.15) is 64.0 Å². The van der Waals surface area contributed by atoms with Gasteiger partial charge in [-0.15, -0.1) is 0 Å². The maximum atomic E-state index is 6.11. The first-order valence-electron chi connectivity index (χ1n) is 7.79. The molecule has 0 amide bonds. The highest BCUT2D eigenvalue weighted by atomic mass is 16.5. The molecular weight excluding hydrogens is 234 g/mol. The molecule has 2 heteroatoms. The van der Waals surface area contributed by atoms with Crippen molar-refractivity contribution in [2.75, 3.05) is 6.54 Å². The van der Waals surface area contributed by atoms with Crippen LogP contribution in [0.4, 0.5) is 0 Å². The van der Waals surface area contributed by atoms with Gasteiger partial charge >= 0.3 is 0 Å². The summed E-state index contributed by atoms with van der Waals surface area (Å²) in [5, 5.41) is 3.43. The topological polar surface area (TPSA) is 21.3 Å². The molecule has 1 aliphatic carbocycles. The van der Waals surface area contributed by atoms with Crippen LogP contribution >= 0.6 is 0 Å². The molecule has 1 saturated carbocycles. The molecule has 1 aliphatic rings. The van der Waals surface area contributed by atoms with Crippen LogP contribution in [0.25, 0.3) is 0 Å². The van der Waals surface area contributed by atoms with Crippen LogP contribution in [0.5, 0.6) is 5.75 Å². The van der Waals surface area contributed by atoms with Crippen molar-refractivity contribution in [3.05, 3.63) is 29.8 Å². The summed E-state index contributed by atoms with van der Waals surface area (Å²) in [4.78, 5) is 0. The highest BCUT2D eigenvalue weighted by Crippen LogP contribution is 2.24. The van der Waals surface area contributed by atoms with Gasteiger partial charge in [0.05, 0.1) is 6.10 Å². The summed E-state index contributed by atoms with van der Waals surface area (Å²) in [5.74, 6) is 1.03. The molecular formula is C17H27NO. The molecule has 0 saturated heterocycles. The van der Waals surface area contributed by atoms with Gasteiger partial charge in [0.1, 0.15) is 5.75 Å². The van der Waals surface area contributed by atoms with E-state index < -0.39 is 0 Å². The third-order valence-corrected chi connectivity index (χ3v) is 4.00. The highest BCUT2D eigenvalue weighted by Gasteiger charge is 2.13. The van der Waals surface area contributed by atoms with Crippen LogP contribution in [0, 0.1) is 0 Å². The van der Waals surface area contributed by atoms with Gasteiger partial charge in [-0.2, -0.15) is 0 Å². The molecule has 0 aromatic heterocycles. The average molecular weight is 261 g/mol. The minimum absolute atomic E-state index is 0.414. The maximum absolute atomic E-state index is 6.11. The normalized spacial score (nSPS) is 18.8. The summed E-state index contributed by atoms with van der Waals surface area (Å²) in [6.45, 7) is 5.34. The number of hydrogen-bond acceptors (Lipinski definition) is 2. The molecule has 1 N–H and O–H groups in total. The lowest BCUT2D eigenvalue weighted by molar-refractivity contribution is 0.183. The van der Waals surface area contributed by atoms with Crippen molar-refractivity contribution in [2.24, 2.45) is 0 Å². The van der Waals surface area contributed by atoms with Crippen molar-refractivity contribution < 1.29 is 4.74 Å². The predicted molar refractivity (Wildman–Crippen MR) is 80.7 cm³/mol. The van der Waals surface area contributed by atoms with E-state index >= 15 is 0 Å². The van der Waals surface area contributed by atoms with Crippen molar-refractivity contribution in [3.8, 4) is 5.75 Å². The van der Waals surface area contributed by atoms with Crippen molar-refractivity contribution >= 4 is 0 Å². The van der Waals surface area contributed by atoms with E-state index in [-0.39, 0.29) is 0 Å². The van der Waals surface area contributed by atoms with Gasteiger partial charge in [-0.3, -0.25) is 0 Å². The van der Waals surface area contributed by atoms with E-state index in [1.165, 1.54) is 44.1 Å².